The highest BCUT2D eigenvalue weighted by molar-refractivity contribution is 6.06. The maximum Gasteiger partial charge on any atom is 0.251 e. The van der Waals surface area contributed by atoms with Crippen LogP contribution in [0.25, 0.3) is 22.2 Å². The molecule has 0 spiro atoms. The van der Waals surface area contributed by atoms with Gasteiger partial charge in [0.2, 0.25) is 0 Å². The Hall–Kier alpha value is -4.20. The number of pyridine rings is 1. The molecule has 0 aliphatic carbocycles. The normalized spacial score (nSPS) is 13.6. The van der Waals surface area contributed by atoms with Crippen LogP contribution in [0, 0.1) is 0 Å². The fraction of sp³-hybridized carbons (Fsp3) is 0.259. The Balaban J connectivity index is 1.35. The van der Waals surface area contributed by atoms with Crippen LogP contribution < -0.4 is 20.3 Å². The Labute approximate surface area is 204 Å². The number of nitrogens with one attached hydrogen (secondary N) is 2. The molecule has 2 aromatic carbocycles. The number of carbonyl (C=O) groups is 1. The van der Waals surface area contributed by atoms with E-state index in [0.29, 0.717) is 18.7 Å². The minimum atomic E-state index is -0.118. The van der Waals surface area contributed by atoms with Gasteiger partial charge < -0.3 is 20.3 Å². The van der Waals surface area contributed by atoms with E-state index in [2.05, 4.69) is 62.7 Å². The van der Waals surface area contributed by atoms with Gasteiger partial charge in [0.1, 0.15) is 24.5 Å². The molecule has 8 heteroatoms. The third kappa shape index (κ3) is 4.47. The van der Waals surface area contributed by atoms with E-state index in [1.807, 2.05) is 24.3 Å². The van der Waals surface area contributed by atoms with Gasteiger partial charge in [-0.2, -0.15) is 0 Å². The Kier molecular flexibility index (Phi) is 6.18. The van der Waals surface area contributed by atoms with Crippen molar-refractivity contribution in [3.05, 3.63) is 72.2 Å². The lowest BCUT2D eigenvalue weighted by molar-refractivity contribution is 0.0964. The van der Waals surface area contributed by atoms with Crippen molar-refractivity contribution in [2.75, 3.05) is 44.0 Å². The summed E-state index contributed by atoms with van der Waals surface area (Å²) in [5, 5.41) is 6.99. The van der Waals surface area contributed by atoms with Crippen LogP contribution in [-0.2, 0) is 0 Å². The summed E-state index contributed by atoms with van der Waals surface area (Å²) in [5.74, 6) is 1.64. The van der Waals surface area contributed by atoms with Crippen LogP contribution in [0.5, 0.6) is 5.75 Å². The first-order valence-corrected chi connectivity index (χ1v) is 11.7. The molecule has 35 heavy (non-hydrogen) atoms. The fourth-order valence-corrected chi connectivity index (χ4v) is 4.43. The molecule has 0 bridgehead atoms. The maximum absolute atomic E-state index is 12.3. The zero-order valence-electron chi connectivity index (χ0n) is 20.1. The number of anilines is 2. The summed E-state index contributed by atoms with van der Waals surface area (Å²) in [6.45, 7) is 4.34. The van der Waals surface area contributed by atoms with Crippen molar-refractivity contribution in [1.82, 2.24) is 20.3 Å². The molecular formula is C27H28N6O2. The van der Waals surface area contributed by atoms with Crippen LogP contribution in [0.3, 0.4) is 0 Å². The van der Waals surface area contributed by atoms with E-state index in [1.54, 1.807) is 25.6 Å². The molecule has 0 unspecified atom stereocenters. The molecule has 0 fully saturated rings. The number of ether oxygens (including phenoxy) is 1. The number of para-hydroxylation sites is 1. The smallest absolute Gasteiger partial charge is 0.251 e. The predicted molar refractivity (Wildman–Crippen MR) is 138 cm³/mol. The minimum Gasteiger partial charge on any atom is -0.490 e. The molecule has 1 aliphatic heterocycles. The van der Waals surface area contributed by atoms with E-state index in [4.69, 9.17) is 4.74 Å². The summed E-state index contributed by atoms with van der Waals surface area (Å²) in [4.78, 5) is 27.9. The SMILES string of the molecule is CNC(=O)c1ccnc2c([C@H](C)CNc3cc(-c4ccc5c(c4)OCCN5C)ncn3)cccc12. The third-order valence-electron chi connectivity index (χ3n) is 6.41. The third-order valence-corrected chi connectivity index (χ3v) is 6.41. The predicted octanol–water partition coefficient (Wildman–Crippen LogP) is 4.10. The van der Waals surface area contributed by atoms with Gasteiger partial charge in [-0.1, -0.05) is 31.2 Å². The summed E-state index contributed by atoms with van der Waals surface area (Å²) in [5.41, 5.74) is 5.44. The maximum atomic E-state index is 12.3. The van der Waals surface area contributed by atoms with E-state index in [1.165, 1.54) is 0 Å². The van der Waals surface area contributed by atoms with Gasteiger partial charge in [0.25, 0.3) is 5.91 Å². The number of hydrogen-bond donors (Lipinski definition) is 2. The summed E-state index contributed by atoms with van der Waals surface area (Å²) >= 11 is 0. The molecule has 0 saturated heterocycles. The number of likely N-dealkylation sites (N-methyl/N-ethyl adjacent to an activating group) is 1. The van der Waals surface area contributed by atoms with Crippen molar-refractivity contribution in [3.8, 4) is 17.0 Å². The zero-order chi connectivity index (χ0) is 24.4. The van der Waals surface area contributed by atoms with Gasteiger partial charge in [0.15, 0.2) is 0 Å². The number of hydrogen-bond acceptors (Lipinski definition) is 7. The Morgan fingerprint density at radius 3 is 2.89 bits per heavy atom. The zero-order valence-corrected chi connectivity index (χ0v) is 20.1. The first-order chi connectivity index (χ1) is 17.0. The first-order valence-electron chi connectivity index (χ1n) is 11.7. The van der Waals surface area contributed by atoms with Crippen molar-refractivity contribution in [2.24, 2.45) is 0 Å². The average Bonchev–Trinajstić information content (AvgIpc) is 2.90. The van der Waals surface area contributed by atoms with Gasteiger partial charge in [-0.3, -0.25) is 9.78 Å². The van der Waals surface area contributed by atoms with Gasteiger partial charge in [0.05, 0.1) is 29.0 Å². The van der Waals surface area contributed by atoms with E-state index in [9.17, 15) is 4.79 Å². The Morgan fingerprint density at radius 1 is 1.14 bits per heavy atom. The summed E-state index contributed by atoms with van der Waals surface area (Å²) in [6.07, 6.45) is 3.26. The number of benzene rings is 2. The number of nitrogens with zero attached hydrogens (tertiary/aromatic N) is 4. The van der Waals surface area contributed by atoms with Crippen molar-refractivity contribution >= 4 is 28.3 Å². The second kappa shape index (κ2) is 9.58. The van der Waals surface area contributed by atoms with E-state index in [0.717, 1.165) is 51.5 Å². The monoisotopic (exact) mass is 468 g/mol. The number of aromatic nitrogens is 3. The van der Waals surface area contributed by atoms with Crippen LogP contribution in [0.4, 0.5) is 11.5 Å². The van der Waals surface area contributed by atoms with E-state index < -0.39 is 0 Å². The Morgan fingerprint density at radius 2 is 2.03 bits per heavy atom. The lowest BCUT2D eigenvalue weighted by Crippen LogP contribution is -2.28. The van der Waals surface area contributed by atoms with Gasteiger partial charge >= 0.3 is 0 Å². The largest absolute Gasteiger partial charge is 0.490 e. The average molecular weight is 469 g/mol. The molecule has 2 N–H and O–H groups in total. The molecule has 2 aromatic heterocycles. The van der Waals surface area contributed by atoms with Crippen molar-refractivity contribution in [2.45, 2.75) is 12.8 Å². The van der Waals surface area contributed by atoms with Crippen LogP contribution in [0.2, 0.25) is 0 Å². The number of carbonyl (C=O) groups excluding carboxylic acids is 1. The Bertz CT molecular complexity index is 1390. The fourth-order valence-electron chi connectivity index (χ4n) is 4.43. The molecular weight excluding hydrogens is 440 g/mol. The molecule has 1 aliphatic rings. The lowest BCUT2D eigenvalue weighted by Gasteiger charge is -2.27. The highest BCUT2D eigenvalue weighted by Crippen LogP contribution is 2.34. The van der Waals surface area contributed by atoms with Crippen LogP contribution in [0.15, 0.2) is 61.1 Å². The molecule has 178 valence electrons. The molecule has 0 saturated carbocycles. The lowest BCUT2D eigenvalue weighted by atomic mass is 9.96. The molecule has 1 amide bonds. The summed E-state index contributed by atoms with van der Waals surface area (Å²) in [6, 6.07) is 15.8. The molecule has 1 atom stereocenters. The van der Waals surface area contributed by atoms with Crippen LogP contribution in [0.1, 0.15) is 28.8 Å². The topological polar surface area (TPSA) is 92.3 Å². The van der Waals surface area contributed by atoms with Crippen LogP contribution >= 0.6 is 0 Å². The van der Waals surface area contributed by atoms with Crippen molar-refractivity contribution in [1.29, 1.82) is 0 Å². The minimum absolute atomic E-state index is 0.118. The van der Waals surface area contributed by atoms with Gasteiger partial charge in [0, 0.05) is 49.8 Å². The second-order valence-electron chi connectivity index (χ2n) is 8.70. The van der Waals surface area contributed by atoms with E-state index >= 15 is 0 Å². The van der Waals surface area contributed by atoms with Gasteiger partial charge in [-0.15, -0.1) is 0 Å². The molecule has 0 radical (unpaired) electrons. The van der Waals surface area contributed by atoms with Gasteiger partial charge in [-0.05, 0) is 23.8 Å². The first kappa shape index (κ1) is 22.6. The molecule has 8 nitrogen and oxygen atoms in total. The highest BCUT2D eigenvalue weighted by atomic mass is 16.5. The second-order valence-corrected chi connectivity index (χ2v) is 8.70. The molecule has 4 aromatic rings. The quantitative estimate of drug-likeness (QED) is 0.440. The molecule has 5 rings (SSSR count). The van der Waals surface area contributed by atoms with Gasteiger partial charge in [-0.25, -0.2) is 9.97 Å². The highest BCUT2D eigenvalue weighted by Gasteiger charge is 2.17. The van der Waals surface area contributed by atoms with Crippen molar-refractivity contribution < 1.29 is 9.53 Å². The van der Waals surface area contributed by atoms with Crippen LogP contribution in [-0.4, -0.2) is 54.7 Å². The number of rotatable bonds is 6. The molecule has 3 heterocycles. The summed E-state index contributed by atoms with van der Waals surface area (Å²) < 4.78 is 5.85. The standard InChI is InChI=1S/C27H28N6O2/c1-17(19-5-4-6-20-21(27(34)28-2)9-10-29-26(19)20)15-30-25-14-22(31-16-32-25)18-7-8-23-24(13-18)35-12-11-33(23)3/h4-10,13-14,16-17H,11-12,15H2,1-3H3,(H,28,34)(H,30,31,32)/t17-/m1/s1. The number of amides is 1. The van der Waals surface area contributed by atoms with Crippen molar-refractivity contribution in [3.63, 3.8) is 0 Å². The summed E-state index contributed by atoms with van der Waals surface area (Å²) in [7, 11) is 3.70. The number of fused-ring (bicyclic) bond motifs is 2. The van der Waals surface area contributed by atoms with E-state index in [-0.39, 0.29) is 11.8 Å².